The standard InChI is InChI=1S/C17H28N2O/c1-3-11-18-17(4-2)14-7-9-15(10-8-14)19-12-5-6-16(20)13-19/h7-10,16-18,20H,3-6,11-13H2,1-2H3. The zero-order valence-electron chi connectivity index (χ0n) is 12.8. The van der Waals surface area contributed by atoms with E-state index in [-0.39, 0.29) is 6.10 Å². The van der Waals surface area contributed by atoms with Gasteiger partial charge in [0.2, 0.25) is 0 Å². The molecule has 1 saturated heterocycles. The van der Waals surface area contributed by atoms with E-state index in [1.165, 1.54) is 17.7 Å². The van der Waals surface area contributed by atoms with Crippen LogP contribution in [0.25, 0.3) is 0 Å². The van der Waals surface area contributed by atoms with Crippen LogP contribution < -0.4 is 10.2 Å². The molecule has 2 atom stereocenters. The van der Waals surface area contributed by atoms with Gasteiger partial charge in [-0.05, 0) is 49.9 Å². The SMILES string of the molecule is CCCNC(CC)c1ccc(N2CCCC(O)C2)cc1. The van der Waals surface area contributed by atoms with Crippen LogP contribution in [0.1, 0.15) is 51.1 Å². The van der Waals surface area contributed by atoms with Crippen LogP contribution >= 0.6 is 0 Å². The van der Waals surface area contributed by atoms with Gasteiger partial charge in [0.25, 0.3) is 0 Å². The third kappa shape index (κ3) is 3.97. The van der Waals surface area contributed by atoms with E-state index in [1.54, 1.807) is 0 Å². The van der Waals surface area contributed by atoms with Gasteiger partial charge in [-0.2, -0.15) is 0 Å². The molecule has 2 rings (SSSR count). The second kappa shape index (κ2) is 7.65. The maximum Gasteiger partial charge on any atom is 0.0715 e. The molecule has 1 aliphatic rings. The summed E-state index contributed by atoms with van der Waals surface area (Å²) in [5.74, 6) is 0. The Morgan fingerprint density at radius 3 is 2.65 bits per heavy atom. The topological polar surface area (TPSA) is 35.5 Å². The molecule has 0 aromatic heterocycles. The predicted octanol–water partition coefficient (Wildman–Crippen LogP) is 3.10. The minimum absolute atomic E-state index is 0.168. The fourth-order valence-corrected chi connectivity index (χ4v) is 2.92. The van der Waals surface area contributed by atoms with Crippen LogP contribution in [0.4, 0.5) is 5.69 Å². The van der Waals surface area contributed by atoms with Crippen molar-refractivity contribution >= 4 is 5.69 Å². The quantitative estimate of drug-likeness (QED) is 0.838. The molecule has 0 saturated carbocycles. The van der Waals surface area contributed by atoms with E-state index in [2.05, 4.69) is 48.3 Å². The van der Waals surface area contributed by atoms with E-state index in [0.717, 1.165) is 38.9 Å². The largest absolute Gasteiger partial charge is 0.391 e. The van der Waals surface area contributed by atoms with Crippen LogP contribution in [0, 0.1) is 0 Å². The number of anilines is 1. The van der Waals surface area contributed by atoms with E-state index in [9.17, 15) is 5.11 Å². The molecule has 0 bridgehead atoms. The lowest BCUT2D eigenvalue weighted by atomic mass is 10.0. The van der Waals surface area contributed by atoms with Crippen molar-refractivity contribution in [1.82, 2.24) is 5.32 Å². The molecule has 2 unspecified atom stereocenters. The Kier molecular flexibility index (Phi) is 5.86. The zero-order chi connectivity index (χ0) is 14.4. The van der Waals surface area contributed by atoms with Crippen LogP contribution in [-0.4, -0.2) is 30.8 Å². The lowest BCUT2D eigenvalue weighted by Crippen LogP contribution is -2.38. The van der Waals surface area contributed by atoms with Gasteiger partial charge in [-0.25, -0.2) is 0 Å². The van der Waals surface area contributed by atoms with Gasteiger partial charge in [0.1, 0.15) is 0 Å². The molecule has 1 aliphatic heterocycles. The van der Waals surface area contributed by atoms with Gasteiger partial charge in [0.15, 0.2) is 0 Å². The Balaban J connectivity index is 2.01. The molecule has 3 heteroatoms. The highest BCUT2D eigenvalue weighted by Crippen LogP contribution is 2.23. The molecule has 1 fully saturated rings. The maximum absolute atomic E-state index is 9.77. The van der Waals surface area contributed by atoms with Crippen LogP contribution in [0.2, 0.25) is 0 Å². The summed E-state index contributed by atoms with van der Waals surface area (Å²) in [6.07, 6.45) is 4.13. The van der Waals surface area contributed by atoms with E-state index in [1.807, 2.05) is 0 Å². The van der Waals surface area contributed by atoms with Gasteiger partial charge in [-0.3, -0.25) is 0 Å². The summed E-state index contributed by atoms with van der Waals surface area (Å²) in [7, 11) is 0. The minimum Gasteiger partial charge on any atom is -0.391 e. The lowest BCUT2D eigenvalue weighted by molar-refractivity contribution is 0.154. The molecular weight excluding hydrogens is 248 g/mol. The van der Waals surface area contributed by atoms with Gasteiger partial charge < -0.3 is 15.3 Å². The molecule has 0 amide bonds. The number of aliphatic hydroxyl groups is 1. The number of benzene rings is 1. The van der Waals surface area contributed by atoms with Crippen molar-refractivity contribution in [3.8, 4) is 0 Å². The fraction of sp³-hybridized carbons (Fsp3) is 0.647. The van der Waals surface area contributed by atoms with Crippen molar-refractivity contribution in [3.05, 3.63) is 29.8 Å². The number of β-amino-alcohol motifs (C(OH)–C–C–N with tert-alkyl or cyclic N) is 1. The van der Waals surface area contributed by atoms with E-state index >= 15 is 0 Å². The molecule has 0 radical (unpaired) electrons. The molecule has 2 N–H and O–H groups in total. The Bertz CT molecular complexity index is 390. The van der Waals surface area contributed by atoms with E-state index in [0.29, 0.717) is 6.04 Å². The predicted molar refractivity (Wildman–Crippen MR) is 85.2 cm³/mol. The number of hydrogen-bond donors (Lipinski definition) is 2. The highest BCUT2D eigenvalue weighted by atomic mass is 16.3. The second-order valence-electron chi connectivity index (χ2n) is 5.75. The number of nitrogens with one attached hydrogen (secondary N) is 1. The number of rotatable bonds is 6. The Morgan fingerprint density at radius 2 is 2.05 bits per heavy atom. The fourth-order valence-electron chi connectivity index (χ4n) is 2.92. The second-order valence-corrected chi connectivity index (χ2v) is 5.75. The molecule has 1 heterocycles. The van der Waals surface area contributed by atoms with Gasteiger partial charge in [0, 0.05) is 24.8 Å². The van der Waals surface area contributed by atoms with Gasteiger partial charge >= 0.3 is 0 Å². The smallest absolute Gasteiger partial charge is 0.0715 e. The molecule has 20 heavy (non-hydrogen) atoms. The van der Waals surface area contributed by atoms with Gasteiger partial charge in [0.05, 0.1) is 6.10 Å². The first kappa shape index (κ1) is 15.3. The number of nitrogens with zero attached hydrogens (tertiary/aromatic N) is 1. The minimum atomic E-state index is -0.168. The molecular formula is C17H28N2O. The average Bonchev–Trinajstić information content (AvgIpc) is 2.49. The summed E-state index contributed by atoms with van der Waals surface area (Å²) in [5, 5.41) is 13.4. The summed E-state index contributed by atoms with van der Waals surface area (Å²) in [6.45, 7) is 7.32. The summed E-state index contributed by atoms with van der Waals surface area (Å²) in [4.78, 5) is 2.29. The molecule has 0 aliphatic carbocycles. The number of piperidine rings is 1. The molecule has 112 valence electrons. The normalized spacial score (nSPS) is 20.9. The van der Waals surface area contributed by atoms with E-state index < -0.39 is 0 Å². The monoisotopic (exact) mass is 276 g/mol. The third-order valence-corrected chi connectivity index (χ3v) is 4.11. The van der Waals surface area contributed by atoms with Crippen LogP contribution in [0.5, 0.6) is 0 Å². The summed E-state index contributed by atoms with van der Waals surface area (Å²) in [6, 6.07) is 9.31. The van der Waals surface area contributed by atoms with Crippen LogP contribution in [-0.2, 0) is 0 Å². The van der Waals surface area contributed by atoms with Crippen molar-refractivity contribution in [3.63, 3.8) is 0 Å². The number of hydrogen-bond acceptors (Lipinski definition) is 3. The molecule has 3 nitrogen and oxygen atoms in total. The molecule has 1 aromatic carbocycles. The molecule has 0 spiro atoms. The lowest BCUT2D eigenvalue weighted by Gasteiger charge is -2.32. The average molecular weight is 276 g/mol. The van der Waals surface area contributed by atoms with E-state index in [4.69, 9.17) is 0 Å². The molecule has 1 aromatic rings. The van der Waals surface area contributed by atoms with Crippen molar-refractivity contribution < 1.29 is 5.11 Å². The summed E-state index contributed by atoms with van der Waals surface area (Å²) in [5.41, 5.74) is 2.60. The summed E-state index contributed by atoms with van der Waals surface area (Å²) < 4.78 is 0. The van der Waals surface area contributed by atoms with Crippen molar-refractivity contribution in [2.24, 2.45) is 0 Å². The first-order valence-corrected chi connectivity index (χ1v) is 8.01. The highest BCUT2D eigenvalue weighted by molar-refractivity contribution is 5.48. The van der Waals surface area contributed by atoms with Crippen LogP contribution in [0.15, 0.2) is 24.3 Å². The first-order chi connectivity index (χ1) is 9.74. The summed E-state index contributed by atoms with van der Waals surface area (Å²) >= 11 is 0. The van der Waals surface area contributed by atoms with Crippen molar-refractivity contribution in [2.45, 2.75) is 51.7 Å². The first-order valence-electron chi connectivity index (χ1n) is 8.01. The maximum atomic E-state index is 9.77. The Morgan fingerprint density at radius 1 is 1.30 bits per heavy atom. The zero-order valence-corrected chi connectivity index (χ0v) is 12.8. The number of aliphatic hydroxyl groups excluding tert-OH is 1. The highest BCUT2D eigenvalue weighted by Gasteiger charge is 2.18. The Labute approximate surface area is 123 Å². The Hall–Kier alpha value is -1.06. The third-order valence-electron chi connectivity index (χ3n) is 4.11. The van der Waals surface area contributed by atoms with Crippen molar-refractivity contribution in [1.29, 1.82) is 0 Å². The van der Waals surface area contributed by atoms with Gasteiger partial charge in [-0.1, -0.05) is 26.0 Å². The van der Waals surface area contributed by atoms with Crippen molar-refractivity contribution in [2.75, 3.05) is 24.5 Å². The van der Waals surface area contributed by atoms with Gasteiger partial charge in [-0.15, -0.1) is 0 Å². The van der Waals surface area contributed by atoms with Crippen LogP contribution in [0.3, 0.4) is 0 Å².